The first kappa shape index (κ1) is 23.5. The zero-order chi connectivity index (χ0) is 17.1. The number of likely N-dealkylation sites (N-methyl/N-ethyl adjacent to an activating group) is 1. The summed E-state index contributed by atoms with van der Waals surface area (Å²) in [5.74, 6) is 0.802. The Hall–Kier alpha value is -0.560. The molecule has 3 unspecified atom stereocenters. The summed E-state index contributed by atoms with van der Waals surface area (Å²) >= 11 is 0. The van der Waals surface area contributed by atoms with Gasteiger partial charge in [0.15, 0.2) is 0 Å². The van der Waals surface area contributed by atoms with E-state index in [2.05, 4.69) is 17.1 Å². The maximum atomic E-state index is 12.8. The standard InChI is InChI=1S/C18H32N4O2.2ClH/c1-3-20-7-4-5-16(20)13-22-12-15(9-17(22)23)18(24)21-8-6-14(11-21)10-19-2;;/h14-16,19H,3-13H2,1-2H3;2*1H. The van der Waals surface area contributed by atoms with Gasteiger partial charge < -0.3 is 15.1 Å². The molecule has 152 valence electrons. The lowest BCUT2D eigenvalue weighted by Crippen LogP contribution is -2.42. The Kier molecular flexibility index (Phi) is 9.65. The lowest BCUT2D eigenvalue weighted by atomic mass is 10.1. The smallest absolute Gasteiger partial charge is 0.228 e. The SMILES string of the molecule is CCN1CCCC1CN1CC(C(=O)N2CCC(CNC)C2)CC1=O.Cl.Cl. The van der Waals surface area contributed by atoms with Gasteiger partial charge in [0.05, 0.1) is 5.92 Å². The van der Waals surface area contributed by atoms with Crippen LogP contribution in [-0.2, 0) is 9.59 Å². The Bertz CT molecular complexity index is 480. The van der Waals surface area contributed by atoms with Crippen molar-refractivity contribution in [1.82, 2.24) is 20.0 Å². The summed E-state index contributed by atoms with van der Waals surface area (Å²) in [6, 6.07) is 0.486. The molecule has 0 aromatic heterocycles. The lowest BCUT2D eigenvalue weighted by Gasteiger charge is -2.28. The number of rotatable bonds is 6. The molecule has 8 heteroatoms. The molecule has 3 fully saturated rings. The highest BCUT2D eigenvalue weighted by molar-refractivity contribution is 5.89. The third-order valence-electron chi connectivity index (χ3n) is 5.99. The Balaban J connectivity index is 0.00000169. The van der Waals surface area contributed by atoms with Crippen LogP contribution in [0.1, 0.15) is 32.6 Å². The molecule has 0 aromatic carbocycles. The van der Waals surface area contributed by atoms with E-state index in [1.807, 2.05) is 16.8 Å². The van der Waals surface area contributed by atoms with Gasteiger partial charge in [-0.1, -0.05) is 6.92 Å². The predicted octanol–water partition coefficient (Wildman–Crippen LogP) is 1.23. The largest absolute Gasteiger partial charge is 0.342 e. The van der Waals surface area contributed by atoms with Crippen LogP contribution in [0.2, 0.25) is 0 Å². The van der Waals surface area contributed by atoms with Crippen LogP contribution in [0.25, 0.3) is 0 Å². The number of hydrogen-bond acceptors (Lipinski definition) is 4. The van der Waals surface area contributed by atoms with Crippen molar-refractivity contribution in [3.8, 4) is 0 Å². The third-order valence-corrected chi connectivity index (χ3v) is 5.99. The highest BCUT2D eigenvalue weighted by Crippen LogP contribution is 2.26. The summed E-state index contributed by atoms with van der Waals surface area (Å²) < 4.78 is 0. The molecule has 1 N–H and O–H groups in total. The van der Waals surface area contributed by atoms with Crippen molar-refractivity contribution in [3.05, 3.63) is 0 Å². The van der Waals surface area contributed by atoms with Gasteiger partial charge in [0.1, 0.15) is 0 Å². The Labute approximate surface area is 169 Å². The molecule has 0 aliphatic carbocycles. The zero-order valence-electron chi connectivity index (χ0n) is 16.0. The van der Waals surface area contributed by atoms with Gasteiger partial charge in [-0.15, -0.1) is 24.8 Å². The molecular weight excluding hydrogens is 375 g/mol. The van der Waals surface area contributed by atoms with Crippen LogP contribution in [0, 0.1) is 11.8 Å². The second-order valence-corrected chi connectivity index (χ2v) is 7.62. The lowest BCUT2D eigenvalue weighted by molar-refractivity contribution is -0.135. The van der Waals surface area contributed by atoms with Crippen molar-refractivity contribution in [2.45, 2.75) is 38.6 Å². The summed E-state index contributed by atoms with van der Waals surface area (Å²) in [6.07, 6.45) is 3.88. The van der Waals surface area contributed by atoms with Gasteiger partial charge in [-0.25, -0.2) is 0 Å². The van der Waals surface area contributed by atoms with E-state index in [0.29, 0.717) is 24.9 Å². The van der Waals surface area contributed by atoms with Gasteiger partial charge in [-0.3, -0.25) is 14.5 Å². The molecule has 0 radical (unpaired) electrons. The molecule has 3 atom stereocenters. The number of halogens is 2. The topological polar surface area (TPSA) is 55.9 Å². The molecule has 26 heavy (non-hydrogen) atoms. The first-order valence-electron chi connectivity index (χ1n) is 9.57. The number of amides is 2. The Morgan fingerprint density at radius 2 is 1.96 bits per heavy atom. The fourth-order valence-corrected chi connectivity index (χ4v) is 4.63. The van der Waals surface area contributed by atoms with E-state index in [-0.39, 0.29) is 42.5 Å². The zero-order valence-corrected chi connectivity index (χ0v) is 17.6. The van der Waals surface area contributed by atoms with Gasteiger partial charge in [0.2, 0.25) is 11.8 Å². The molecule has 3 aliphatic heterocycles. The first-order chi connectivity index (χ1) is 11.6. The summed E-state index contributed by atoms with van der Waals surface area (Å²) in [6.45, 7) is 8.47. The minimum atomic E-state index is -0.123. The van der Waals surface area contributed by atoms with Gasteiger partial charge in [0, 0.05) is 38.6 Å². The van der Waals surface area contributed by atoms with E-state index in [9.17, 15) is 9.59 Å². The summed E-state index contributed by atoms with van der Waals surface area (Å²) in [5.41, 5.74) is 0. The van der Waals surface area contributed by atoms with Crippen LogP contribution < -0.4 is 5.32 Å². The van der Waals surface area contributed by atoms with Crippen molar-refractivity contribution in [2.24, 2.45) is 11.8 Å². The van der Waals surface area contributed by atoms with Crippen LogP contribution in [0.3, 0.4) is 0 Å². The quantitative estimate of drug-likeness (QED) is 0.717. The summed E-state index contributed by atoms with van der Waals surface area (Å²) in [7, 11) is 1.96. The summed E-state index contributed by atoms with van der Waals surface area (Å²) in [4.78, 5) is 31.5. The van der Waals surface area contributed by atoms with Gasteiger partial charge in [-0.2, -0.15) is 0 Å². The molecule has 3 saturated heterocycles. The molecule has 3 heterocycles. The average molecular weight is 409 g/mol. The highest BCUT2D eigenvalue weighted by Gasteiger charge is 2.39. The fourth-order valence-electron chi connectivity index (χ4n) is 4.63. The van der Waals surface area contributed by atoms with Crippen molar-refractivity contribution < 1.29 is 9.59 Å². The molecule has 0 spiro atoms. The molecule has 0 saturated carbocycles. The van der Waals surface area contributed by atoms with Crippen molar-refractivity contribution >= 4 is 36.6 Å². The van der Waals surface area contributed by atoms with E-state index < -0.39 is 0 Å². The fraction of sp³-hybridized carbons (Fsp3) is 0.889. The maximum Gasteiger partial charge on any atom is 0.228 e. The van der Waals surface area contributed by atoms with E-state index >= 15 is 0 Å². The third kappa shape index (κ3) is 5.24. The van der Waals surface area contributed by atoms with Crippen molar-refractivity contribution in [1.29, 1.82) is 0 Å². The second-order valence-electron chi connectivity index (χ2n) is 7.62. The molecule has 0 bridgehead atoms. The monoisotopic (exact) mass is 408 g/mol. The van der Waals surface area contributed by atoms with Crippen LogP contribution in [0.4, 0.5) is 0 Å². The number of likely N-dealkylation sites (tertiary alicyclic amines) is 3. The Morgan fingerprint density at radius 3 is 2.65 bits per heavy atom. The highest BCUT2D eigenvalue weighted by atomic mass is 35.5. The molecule has 2 amide bonds. The van der Waals surface area contributed by atoms with Gasteiger partial charge in [0.25, 0.3) is 0 Å². The Morgan fingerprint density at radius 1 is 1.19 bits per heavy atom. The van der Waals surface area contributed by atoms with E-state index in [4.69, 9.17) is 0 Å². The number of hydrogen-bond donors (Lipinski definition) is 1. The predicted molar refractivity (Wildman–Crippen MR) is 108 cm³/mol. The van der Waals surface area contributed by atoms with Gasteiger partial charge in [-0.05, 0) is 51.9 Å². The number of nitrogens with zero attached hydrogens (tertiary/aromatic N) is 3. The molecule has 0 aromatic rings. The van der Waals surface area contributed by atoms with E-state index in [1.54, 1.807) is 0 Å². The van der Waals surface area contributed by atoms with Crippen LogP contribution in [0.15, 0.2) is 0 Å². The molecule has 6 nitrogen and oxygen atoms in total. The van der Waals surface area contributed by atoms with Crippen molar-refractivity contribution in [3.63, 3.8) is 0 Å². The maximum absolute atomic E-state index is 12.8. The minimum absolute atomic E-state index is 0. The van der Waals surface area contributed by atoms with E-state index in [1.165, 1.54) is 12.8 Å². The molecular formula is C18H34Cl2N4O2. The van der Waals surface area contributed by atoms with E-state index in [0.717, 1.165) is 45.7 Å². The van der Waals surface area contributed by atoms with Crippen LogP contribution in [0.5, 0.6) is 0 Å². The molecule has 3 rings (SSSR count). The number of carbonyl (C=O) groups is 2. The minimum Gasteiger partial charge on any atom is -0.342 e. The second kappa shape index (κ2) is 10.7. The number of nitrogens with one attached hydrogen (secondary N) is 1. The van der Waals surface area contributed by atoms with Gasteiger partial charge >= 0.3 is 0 Å². The normalized spacial score (nSPS) is 29.0. The first-order valence-corrected chi connectivity index (χ1v) is 9.57. The summed E-state index contributed by atoms with van der Waals surface area (Å²) in [5, 5.41) is 3.20. The molecule has 3 aliphatic rings. The average Bonchev–Trinajstić information content (AvgIpc) is 3.28. The number of carbonyl (C=O) groups excluding carboxylic acids is 2. The van der Waals surface area contributed by atoms with Crippen LogP contribution >= 0.6 is 24.8 Å². The van der Waals surface area contributed by atoms with Crippen LogP contribution in [-0.4, -0.2) is 85.4 Å². The van der Waals surface area contributed by atoms with Crippen molar-refractivity contribution in [2.75, 3.05) is 52.9 Å².